The van der Waals surface area contributed by atoms with Crippen LogP contribution in [0.3, 0.4) is 0 Å². The molecule has 1 aromatic rings. The molecule has 0 bridgehead atoms. The van der Waals surface area contributed by atoms with Gasteiger partial charge in [-0.1, -0.05) is 12.8 Å². The zero-order valence-electron chi connectivity index (χ0n) is 11.1. The van der Waals surface area contributed by atoms with Crippen molar-refractivity contribution in [2.45, 2.75) is 44.4 Å². The summed E-state index contributed by atoms with van der Waals surface area (Å²) in [6.07, 6.45) is -0.792. The van der Waals surface area contributed by atoms with E-state index in [0.29, 0.717) is 0 Å². The van der Waals surface area contributed by atoms with Gasteiger partial charge in [0.2, 0.25) is 5.75 Å². The SMILES string of the molecule is O=[N+]([O-])c1cc(CNC2CCCC2)cc(C(F)(F)F)c1O. The number of phenols is 1. The molecule has 8 heteroatoms. The number of nitrogens with one attached hydrogen (secondary N) is 1. The average Bonchev–Trinajstić information content (AvgIpc) is 2.88. The summed E-state index contributed by atoms with van der Waals surface area (Å²) in [6, 6.07) is 1.96. The van der Waals surface area contributed by atoms with Gasteiger partial charge in [0, 0.05) is 18.7 Å². The second kappa shape index (κ2) is 5.88. The first kappa shape index (κ1) is 15.6. The van der Waals surface area contributed by atoms with Crippen LogP contribution in [0.15, 0.2) is 12.1 Å². The molecule has 1 saturated carbocycles. The number of phenolic OH excluding ortho intramolecular Hbond substituents is 1. The number of nitrogens with zero attached hydrogens (tertiary/aromatic N) is 1. The fourth-order valence-electron chi connectivity index (χ4n) is 2.53. The van der Waals surface area contributed by atoms with Gasteiger partial charge in [-0.15, -0.1) is 0 Å². The molecule has 1 aliphatic carbocycles. The average molecular weight is 304 g/mol. The number of benzene rings is 1. The standard InChI is InChI=1S/C13H15F3N2O3/c14-13(15,16)10-5-8(6-11(12(10)19)18(20)21)7-17-9-3-1-2-4-9/h5-6,9,17,19H,1-4,7H2. The van der Waals surface area contributed by atoms with Crippen molar-refractivity contribution in [3.8, 4) is 5.75 Å². The maximum Gasteiger partial charge on any atom is 0.420 e. The van der Waals surface area contributed by atoms with Crippen LogP contribution in [0.4, 0.5) is 18.9 Å². The molecule has 116 valence electrons. The Hall–Kier alpha value is -1.83. The maximum atomic E-state index is 12.8. The molecule has 0 aliphatic heterocycles. The largest absolute Gasteiger partial charge is 0.502 e. The number of nitro benzene ring substituents is 1. The van der Waals surface area contributed by atoms with Gasteiger partial charge in [-0.05, 0) is 24.5 Å². The van der Waals surface area contributed by atoms with E-state index in [1.54, 1.807) is 0 Å². The molecule has 0 radical (unpaired) electrons. The molecule has 0 unspecified atom stereocenters. The van der Waals surface area contributed by atoms with Gasteiger partial charge in [-0.25, -0.2) is 0 Å². The highest BCUT2D eigenvalue weighted by Crippen LogP contribution is 2.41. The molecule has 0 spiro atoms. The van der Waals surface area contributed by atoms with Crippen molar-refractivity contribution < 1.29 is 23.2 Å². The Morgan fingerprint density at radius 1 is 1.33 bits per heavy atom. The van der Waals surface area contributed by atoms with E-state index < -0.39 is 28.1 Å². The van der Waals surface area contributed by atoms with E-state index >= 15 is 0 Å². The van der Waals surface area contributed by atoms with Crippen molar-refractivity contribution in [2.24, 2.45) is 0 Å². The lowest BCUT2D eigenvalue weighted by Gasteiger charge is -2.14. The van der Waals surface area contributed by atoms with Crippen LogP contribution in [0.1, 0.15) is 36.8 Å². The van der Waals surface area contributed by atoms with Crippen molar-refractivity contribution in [3.63, 3.8) is 0 Å². The maximum absolute atomic E-state index is 12.8. The first-order chi connectivity index (χ1) is 9.79. The first-order valence-electron chi connectivity index (χ1n) is 6.60. The van der Waals surface area contributed by atoms with Gasteiger partial charge in [-0.2, -0.15) is 13.2 Å². The first-order valence-corrected chi connectivity index (χ1v) is 6.60. The molecular weight excluding hydrogens is 289 g/mol. The van der Waals surface area contributed by atoms with Gasteiger partial charge >= 0.3 is 11.9 Å². The summed E-state index contributed by atoms with van der Waals surface area (Å²) in [6.45, 7) is 0.106. The molecule has 1 aliphatic rings. The zero-order valence-corrected chi connectivity index (χ0v) is 11.1. The highest BCUT2D eigenvalue weighted by Gasteiger charge is 2.37. The van der Waals surface area contributed by atoms with E-state index in [1.807, 2.05) is 0 Å². The second-order valence-corrected chi connectivity index (χ2v) is 5.13. The fourth-order valence-corrected chi connectivity index (χ4v) is 2.53. The van der Waals surface area contributed by atoms with Gasteiger partial charge in [0.25, 0.3) is 0 Å². The monoisotopic (exact) mass is 304 g/mol. The van der Waals surface area contributed by atoms with E-state index in [4.69, 9.17) is 0 Å². The molecule has 0 atom stereocenters. The van der Waals surface area contributed by atoms with Gasteiger partial charge in [-0.3, -0.25) is 10.1 Å². The number of alkyl halides is 3. The summed E-state index contributed by atoms with van der Waals surface area (Å²) < 4.78 is 38.4. The Labute approximate surface area is 118 Å². The van der Waals surface area contributed by atoms with E-state index in [0.717, 1.165) is 37.8 Å². The molecule has 0 amide bonds. The highest BCUT2D eigenvalue weighted by molar-refractivity contribution is 5.54. The van der Waals surface area contributed by atoms with Crippen LogP contribution >= 0.6 is 0 Å². The van der Waals surface area contributed by atoms with E-state index in [2.05, 4.69) is 5.32 Å². The number of rotatable bonds is 4. The molecule has 2 N–H and O–H groups in total. The van der Waals surface area contributed by atoms with Crippen LogP contribution < -0.4 is 5.32 Å². The topological polar surface area (TPSA) is 75.4 Å². The molecule has 5 nitrogen and oxygen atoms in total. The summed E-state index contributed by atoms with van der Waals surface area (Å²) in [5.74, 6) is -1.34. The summed E-state index contributed by atoms with van der Waals surface area (Å²) in [5, 5.41) is 23.3. The van der Waals surface area contributed by atoms with Crippen LogP contribution in [0.25, 0.3) is 0 Å². The van der Waals surface area contributed by atoms with E-state index in [9.17, 15) is 28.4 Å². The molecule has 0 saturated heterocycles. The van der Waals surface area contributed by atoms with Crippen molar-refractivity contribution in [1.82, 2.24) is 5.32 Å². The highest BCUT2D eigenvalue weighted by atomic mass is 19.4. The second-order valence-electron chi connectivity index (χ2n) is 5.13. The van der Waals surface area contributed by atoms with Crippen molar-refractivity contribution in [3.05, 3.63) is 33.4 Å². The minimum Gasteiger partial charge on any atom is -0.502 e. The molecule has 1 fully saturated rings. The molecule has 2 rings (SSSR count). The predicted octanol–water partition coefficient (Wildman–Crippen LogP) is 3.35. The van der Waals surface area contributed by atoms with Gasteiger partial charge in [0.05, 0.1) is 4.92 Å². The molecule has 21 heavy (non-hydrogen) atoms. The Morgan fingerprint density at radius 3 is 2.48 bits per heavy atom. The van der Waals surface area contributed by atoms with Crippen LogP contribution in [0, 0.1) is 10.1 Å². The van der Waals surface area contributed by atoms with E-state index in [1.165, 1.54) is 0 Å². The lowest BCUT2D eigenvalue weighted by molar-refractivity contribution is -0.386. The van der Waals surface area contributed by atoms with Crippen LogP contribution in [-0.4, -0.2) is 16.1 Å². The van der Waals surface area contributed by atoms with Crippen LogP contribution in [0.5, 0.6) is 5.75 Å². The Morgan fingerprint density at radius 2 is 1.95 bits per heavy atom. The molecular formula is C13H15F3N2O3. The number of hydrogen-bond acceptors (Lipinski definition) is 4. The van der Waals surface area contributed by atoms with Crippen molar-refractivity contribution in [2.75, 3.05) is 0 Å². The summed E-state index contributed by atoms with van der Waals surface area (Å²) in [7, 11) is 0. The Balaban J connectivity index is 2.27. The third-order valence-corrected chi connectivity index (χ3v) is 3.60. The van der Waals surface area contributed by atoms with Crippen molar-refractivity contribution in [1.29, 1.82) is 0 Å². The van der Waals surface area contributed by atoms with Crippen LogP contribution in [0.2, 0.25) is 0 Å². The predicted molar refractivity (Wildman–Crippen MR) is 68.9 cm³/mol. The number of hydrogen-bond donors (Lipinski definition) is 2. The lowest BCUT2D eigenvalue weighted by Crippen LogP contribution is -2.25. The number of aromatic hydroxyl groups is 1. The third-order valence-electron chi connectivity index (χ3n) is 3.60. The van der Waals surface area contributed by atoms with E-state index in [-0.39, 0.29) is 18.2 Å². The van der Waals surface area contributed by atoms with Gasteiger partial charge < -0.3 is 10.4 Å². The third kappa shape index (κ3) is 3.63. The van der Waals surface area contributed by atoms with Crippen LogP contribution in [-0.2, 0) is 12.7 Å². The summed E-state index contributed by atoms with van der Waals surface area (Å²) >= 11 is 0. The quantitative estimate of drug-likeness (QED) is 0.660. The lowest BCUT2D eigenvalue weighted by atomic mass is 10.1. The minimum absolute atomic E-state index is 0.106. The minimum atomic E-state index is -4.84. The zero-order chi connectivity index (χ0) is 15.6. The van der Waals surface area contributed by atoms with Crippen molar-refractivity contribution >= 4 is 5.69 Å². The summed E-state index contributed by atoms with van der Waals surface area (Å²) in [5.41, 5.74) is -2.16. The molecule has 0 heterocycles. The molecule has 1 aromatic carbocycles. The van der Waals surface area contributed by atoms with Gasteiger partial charge in [0.15, 0.2) is 0 Å². The number of halogens is 3. The smallest absolute Gasteiger partial charge is 0.420 e. The Kier molecular flexibility index (Phi) is 4.36. The Bertz CT molecular complexity index is 540. The number of nitro groups is 1. The molecule has 0 aromatic heterocycles. The fraction of sp³-hybridized carbons (Fsp3) is 0.538. The summed E-state index contributed by atoms with van der Waals surface area (Å²) in [4.78, 5) is 9.76. The normalized spacial score (nSPS) is 16.3. The van der Waals surface area contributed by atoms with Gasteiger partial charge in [0.1, 0.15) is 5.56 Å².